The first-order chi connectivity index (χ1) is 13.5. The first kappa shape index (κ1) is 19.3. The summed E-state index contributed by atoms with van der Waals surface area (Å²) in [5.41, 5.74) is 8.41. The van der Waals surface area contributed by atoms with Gasteiger partial charge in [0, 0.05) is 24.7 Å². The molecule has 0 aliphatic heterocycles. The van der Waals surface area contributed by atoms with Gasteiger partial charge in [0.2, 0.25) is 11.8 Å². The van der Waals surface area contributed by atoms with E-state index in [0.717, 1.165) is 16.7 Å². The molecule has 7 heteroatoms. The summed E-state index contributed by atoms with van der Waals surface area (Å²) in [7, 11) is 3.05. The normalized spacial score (nSPS) is 10.5. The Morgan fingerprint density at radius 3 is 2.54 bits per heavy atom. The smallest absolute Gasteiger partial charge is 0.337 e. The van der Waals surface area contributed by atoms with Crippen LogP contribution in [0.4, 0.5) is 0 Å². The lowest BCUT2D eigenvalue weighted by Crippen LogP contribution is -2.32. The van der Waals surface area contributed by atoms with Gasteiger partial charge in [-0.15, -0.1) is 0 Å². The number of nitrogens with two attached hydrogens (primary N) is 1. The van der Waals surface area contributed by atoms with Crippen LogP contribution < -0.4 is 5.73 Å². The van der Waals surface area contributed by atoms with Crippen molar-refractivity contribution in [2.24, 2.45) is 5.73 Å². The van der Waals surface area contributed by atoms with Crippen LogP contribution in [0.25, 0.3) is 22.8 Å². The number of oxazole rings is 1. The molecule has 1 heterocycles. The summed E-state index contributed by atoms with van der Waals surface area (Å²) in [6, 6.07) is 14.5. The van der Waals surface area contributed by atoms with Crippen molar-refractivity contribution in [2.45, 2.75) is 6.54 Å². The Hall–Kier alpha value is -3.45. The minimum absolute atomic E-state index is 0.0350. The lowest BCUT2D eigenvalue weighted by atomic mass is 10.1. The fraction of sp³-hybridized carbons (Fsp3) is 0.190. The van der Waals surface area contributed by atoms with Crippen LogP contribution in [0.5, 0.6) is 0 Å². The molecule has 2 aromatic carbocycles. The van der Waals surface area contributed by atoms with Gasteiger partial charge in [0.25, 0.3) is 0 Å². The van der Waals surface area contributed by atoms with Crippen LogP contribution in [-0.4, -0.2) is 42.5 Å². The van der Waals surface area contributed by atoms with Gasteiger partial charge in [0.05, 0.1) is 25.4 Å². The number of carbonyl (C=O) groups is 2. The maximum atomic E-state index is 11.8. The van der Waals surface area contributed by atoms with Gasteiger partial charge in [-0.2, -0.15) is 0 Å². The first-order valence-electron chi connectivity index (χ1n) is 8.70. The molecular formula is C21H21N3O4. The Morgan fingerprint density at radius 1 is 1.14 bits per heavy atom. The van der Waals surface area contributed by atoms with Crippen molar-refractivity contribution >= 4 is 11.9 Å². The van der Waals surface area contributed by atoms with Crippen molar-refractivity contribution in [3.8, 4) is 22.8 Å². The fourth-order valence-electron chi connectivity index (χ4n) is 2.80. The molecule has 0 saturated carbocycles. The maximum Gasteiger partial charge on any atom is 0.337 e. The molecule has 0 aliphatic carbocycles. The van der Waals surface area contributed by atoms with Crippen LogP contribution in [0.1, 0.15) is 15.9 Å². The summed E-state index contributed by atoms with van der Waals surface area (Å²) in [5.74, 6) is 0.493. The van der Waals surface area contributed by atoms with Crippen molar-refractivity contribution in [2.75, 3.05) is 20.7 Å². The number of rotatable bonds is 6. The largest absolute Gasteiger partial charge is 0.465 e. The van der Waals surface area contributed by atoms with Crippen molar-refractivity contribution in [3.05, 3.63) is 65.9 Å². The van der Waals surface area contributed by atoms with Gasteiger partial charge in [0.15, 0.2) is 5.76 Å². The molecule has 1 amide bonds. The Labute approximate surface area is 162 Å². The minimum Gasteiger partial charge on any atom is -0.465 e. The average Bonchev–Trinajstić information content (AvgIpc) is 3.23. The summed E-state index contributed by atoms with van der Waals surface area (Å²) in [4.78, 5) is 29.2. The fourth-order valence-corrected chi connectivity index (χ4v) is 2.80. The zero-order valence-corrected chi connectivity index (χ0v) is 15.7. The SMILES string of the molecule is COC(=O)c1ccc(-c2ncc(-c3ccccc3CN(C)C(=O)CN)o2)cc1. The molecule has 7 nitrogen and oxygen atoms in total. The maximum absolute atomic E-state index is 11.8. The molecule has 0 spiro atoms. The monoisotopic (exact) mass is 379 g/mol. The molecule has 0 bridgehead atoms. The summed E-state index contributed by atoms with van der Waals surface area (Å²) in [5, 5.41) is 0. The van der Waals surface area contributed by atoms with Gasteiger partial charge in [-0.3, -0.25) is 4.79 Å². The quantitative estimate of drug-likeness (QED) is 0.661. The Balaban J connectivity index is 1.86. The van der Waals surface area contributed by atoms with E-state index in [1.54, 1.807) is 42.4 Å². The van der Waals surface area contributed by atoms with Crippen LogP contribution in [-0.2, 0) is 16.1 Å². The number of methoxy groups -OCH3 is 1. The predicted molar refractivity (Wildman–Crippen MR) is 104 cm³/mol. The third-order valence-corrected chi connectivity index (χ3v) is 4.35. The van der Waals surface area contributed by atoms with Gasteiger partial charge in [-0.25, -0.2) is 9.78 Å². The lowest BCUT2D eigenvalue weighted by molar-refractivity contribution is -0.128. The summed E-state index contributed by atoms with van der Waals surface area (Å²) < 4.78 is 10.6. The third-order valence-electron chi connectivity index (χ3n) is 4.35. The van der Waals surface area contributed by atoms with E-state index >= 15 is 0 Å². The van der Waals surface area contributed by atoms with Gasteiger partial charge in [-0.1, -0.05) is 24.3 Å². The van der Waals surface area contributed by atoms with E-state index in [2.05, 4.69) is 4.98 Å². The van der Waals surface area contributed by atoms with E-state index in [1.165, 1.54) is 7.11 Å². The zero-order valence-electron chi connectivity index (χ0n) is 15.7. The van der Waals surface area contributed by atoms with Crippen LogP contribution in [0.2, 0.25) is 0 Å². The van der Waals surface area contributed by atoms with Crippen LogP contribution in [0, 0.1) is 0 Å². The second-order valence-corrected chi connectivity index (χ2v) is 6.21. The standard InChI is InChI=1S/C21H21N3O4/c1-24(19(25)11-22)13-16-5-3-4-6-17(16)18-12-23-20(28-18)14-7-9-15(10-8-14)21(26)27-2/h3-10,12H,11,13,22H2,1-2H3. The van der Waals surface area contributed by atoms with Crippen LogP contribution >= 0.6 is 0 Å². The second-order valence-electron chi connectivity index (χ2n) is 6.21. The topological polar surface area (TPSA) is 98.7 Å². The Bertz CT molecular complexity index is 979. The van der Waals surface area contributed by atoms with E-state index in [-0.39, 0.29) is 12.5 Å². The minimum atomic E-state index is -0.398. The van der Waals surface area contributed by atoms with E-state index in [9.17, 15) is 9.59 Å². The number of likely N-dealkylation sites (N-methyl/N-ethyl adjacent to an activating group) is 1. The van der Waals surface area contributed by atoms with Crippen LogP contribution in [0.15, 0.2) is 59.1 Å². The summed E-state index contributed by atoms with van der Waals surface area (Å²) in [6.07, 6.45) is 1.65. The molecular weight excluding hydrogens is 358 g/mol. The molecule has 1 aromatic heterocycles. The number of carbonyl (C=O) groups excluding carboxylic acids is 2. The molecule has 3 aromatic rings. The number of nitrogens with zero attached hydrogens (tertiary/aromatic N) is 2. The highest BCUT2D eigenvalue weighted by molar-refractivity contribution is 5.89. The summed E-state index contributed by atoms with van der Waals surface area (Å²) in [6.45, 7) is 0.378. The van der Waals surface area contributed by atoms with E-state index in [0.29, 0.717) is 23.8 Å². The summed E-state index contributed by atoms with van der Waals surface area (Å²) >= 11 is 0. The highest BCUT2D eigenvalue weighted by atomic mass is 16.5. The number of hydrogen-bond donors (Lipinski definition) is 1. The molecule has 0 saturated heterocycles. The number of benzene rings is 2. The number of ether oxygens (including phenoxy) is 1. The van der Waals surface area contributed by atoms with E-state index in [1.807, 2.05) is 24.3 Å². The molecule has 28 heavy (non-hydrogen) atoms. The second kappa shape index (κ2) is 8.49. The molecule has 0 fully saturated rings. The first-order valence-corrected chi connectivity index (χ1v) is 8.70. The third kappa shape index (κ3) is 4.10. The number of aromatic nitrogens is 1. The molecule has 144 valence electrons. The number of amides is 1. The van der Waals surface area contributed by atoms with Crippen molar-refractivity contribution in [1.29, 1.82) is 0 Å². The molecule has 2 N–H and O–H groups in total. The number of esters is 1. The Kier molecular flexibility index (Phi) is 5.86. The van der Waals surface area contributed by atoms with Gasteiger partial charge >= 0.3 is 5.97 Å². The lowest BCUT2D eigenvalue weighted by Gasteiger charge is -2.17. The van der Waals surface area contributed by atoms with Gasteiger partial charge in [-0.05, 0) is 29.8 Å². The molecule has 0 unspecified atom stereocenters. The highest BCUT2D eigenvalue weighted by Gasteiger charge is 2.15. The molecule has 3 rings (SSSR count). The van der Waals surface area contributed by atoms with Crippen molar-refractivity contribution < 1.29 is 18.7 Å². The van der Waals surface area contributed by atoms with Crippen LogP contribution in [0.3, 0.4) is 0 Å². The highest BCUT2D eigenvalue weighted by Crippen LogP contribution is 2.29. The molecule has 0 atom stereocenters. The number of hydrogen-bond acceptors (Lipinski definition) is 6. The van der Waals surface area contributed by atoms with Gasteiger partial charge in [0.1, 0.15) is 0 Å². The van der Waals surface area contributed by atoms with Crippen molar-refractivity contribution in [3.63, 3.8) is 0 Å². The van der Waals surface area contributed by atoms with Crippen molar-refractivity contribution in [1.82, 2.24) is 9.88 Å². The molecule has 0 aliphatic rings. The van der Waals surface area contributed by atoms with E-state index in [4.69, 9.17) is 14.9 Å². The zero-order chi connectivity index (χ0) is 20.1. The average molecular weight is 379 g/mol. The Morgan fingerprint density at radius 2 is 1.86 bits per heavy atom. The predicted octanol–water partition coefficient (Wildman–Crippen LogP) is 2.71. The van der Waals surface area contributed by atoms with E-state index < -0.39 is 5.97 Å². The molecule has 0 radical (unpaired) electrons. The van der Waals surface area contributed by atoms with Gasteiger partial charge < -0.3 is 19.8 Å².